The van der Waals surface area contributed by atoms with Crippen molar-refractivity contribution in [1.29, 1.82) is 0 Å². The van der Waals surface area contributed by atoms with Gasteiger partial charge in [-0.05, 0) is 51.2 Å². The third kappa shape index (κ3) is 5.96. The minimum absolute atomic E-state index is 0.151. The van der Waals surface area contributed by atoms with E-state index in [0.29, 0.717) is 24.9 Å². The fraction of sp³-hybridized carbons (Fsp3) is 0.706. The molecule has 0 aromatic carbocycles. The largest absolute Gasteiger partial charge is 0.433 e. The van der Waals surface area contributed by atoms with Crippen LogP contribution in [0.1, 0.15) is 46.7 Å². The summed E-state index contributed by atoms with van der Waals surface area (Å²) in [7, 11) is 0. The SMILES string of the molecule is C[C@H]1C[C@H](C)CN(c2cc(C(F)(F)F)nc(NC(=S)NC(C)(C)C)n2)C1. The summed E-state index contributed by atoms with van der Waals surface area (Å²) in [5.74, 6) is 0.903. The van der Waals surface area contributed by atoms with E-state index in [2.05, 4.69) is 34.4 Å². The van der Waals surface area contributed by atoms with Gasteiger partial charge in [0.25, 0.3) is 0 Å². The van der Waals surface area contributed by atoms with Crippen LogP contribution in [0.15, 0.2) is 6.07 Å². The van der Waals surface area contributed by atoms with Crippen LogP contribution < -0.4 is 15.5 Å². The third-order valence-electron chi connectivity index (χ3n) is 3.91. The van der Waals surface area contributed by atoms with Crippen molar-refractivity contribution in [3.8, 4) is 0 Å². The first kappa shape index (κ1) is 20.7. The van der Waals surface area contributed by atoms with E-state index in [1.807, 2.05) is 25.7 Å². The number of rotatable bonds is 2. The molecule has 2 atom stereocenters. The number of alkyl halides is 3. The Labute approximate surface area is 157 Å². The molecule has 1 fully saturated rings. The normalized spacial score (nSPS) is 21.5. The molecule has 0 amide bonds. The zero-order valence-electron chi connectivity index (χ0n) is 15.7. The smallest absolute Gasteiger partial charge is 0.358 e. The Hall–Kier alpha value is -1.64. The maximum absolute atomic E-state index is 13.3. The highest BCUT2D eigenvalue weighted by Gasteiger charge is 2.35. The van der Waals surface area contributed by atoms with Gasteiger partial charge in [-0.2, -0.15) is 18.2 Å². The zero-order chi connectivity index (χ0) is 19.7. The first-order chi connectivity index (χ1) is 11.8. The van der Waals surface area contributed by atoms with Gasteiger partial charge in [0.2, 0.25) is 5.95 Å². The maximum atomic E-state index is 13.3. The minimum Gasteiger partial charge on any atom is -0.358 e. The van der Waals surface area contributed by atoms with E-state index >= 15 is 0 Å². The van der Waals surface area contributed by atoms with Gasteiger partial charge in [0.15, 0.2) is 10.8 Å². The van der Waals surface area contributed by atoms with Crippen molar-refractivity contribution in [2.24, 2.45) is 11.8 Å². The van der Waals surface area contributed by atoms with Crippen molar-refractivity contribution in [2.75, 3.05) is 23.3 Å². The summed E-state index contributed by atoms with van der Waals surface area (Å²) in [6.07, 6.45) is -3.50. The van der Waals surface area contributed by atoms with Gasteiger partial charge in [-0.1, -0.05) is 13.8 Å². The number of anilines is 2. The number of hydrogen-bond acceptors (Lipinski definition) is 4. The Morgan fingerprint density at radius 2 is 1.73 bits per heavy atom. The van der Waals surface area contributed by atoms with Crippen LogP contribution in [0.2, 0.25) is 0 Å². The molecule has 2 heterocycles. The molecule has 1 saturated heterocycles. The van der Waals surface area contributed by atoms with Crippen LogP contribution in [0.25, 0.3) is 0 Å². The molecule has 1 aromatic rings. The summed E-state index contributed by atoms with van der Waals surface area (Å²) in [5, 5.41) is 5.85. The van der Waals surface area contributed by atoms with Crippen LogP contribution in [0.3, 0.4) is 0 Å². The Balaban J connectivity index is 2.32. The molecular weight excluding hydrogens is 363 g/mol. The molecule has 1 aliphatic rings. The van der Waals surface area contributed by atoms with Gasteiger partial charge >= 0.3 is 6.18 Å². The highest BCUT2D eigenvalue weighted by molar-refractivity contribution is 7.80. The monoisotopic (exact) mass is 389 g/mol. The van der Waals surface area contributed by atoms with Gasteiger partial charge in [-0.15, -0.1) is 0 Å². The molecule has 0 spiro atoms. The van der Waals surface area contributed by atoms with Crippen LogP contribution in [-0.2, 0) is 6.18 Å². The van der Waals surface area contributed by atoms with Crippen molar-refractivity contribution in [3.05, 3.63) is 11.8 Å². The van der Waals surface area contributed by atoms with Gasteiger partial charge in [0, 0.05) is 24.7 Å². The summed E-state index contributed by atoms with van der Waals surface area (Å²) in [6, 6.07) is 1.01. The molecule has 0 radical (unpaired) electrons. The number of nitrogens with zero attached hydrogens (tertiary/aromatic N) is 3. The van der Waals surface area contributed by atoms with Gasteiger partial charge in [0.05, 0.1) is 0 Å². The van der Waals surface area contributed by atoms with Crippen LogP contribution in [0, 0.1) is 11.8 Å². The summed E-state index contributed by atoms with van der Waals surface area (Å²) >= 11 is 5.16. The Morgan fingerprint density at radius 1 is 1.15 bits per heavy atom. The van der Waals surface area contributed by atoms with E-state index in [9.17, 15) is 13.2 Å². The first-order valence-corrected chi connectivity index (χ1v) is 9.04. The lowest BCUT2D eigenvalue weighted by atomic mass is 9.92. The topological polar surface area (TPSA) is 53.1 Å². The van der Waals surface area contributed by atoms with Gasteiger partial charge < -0.3 is 15.5 Å². The number of thiocarbonyl (C=S) groups is 1. The van der Waals surface area contributed by atoms with E-state index in [-0.39, 0.29) is 22.4 Å². The molecule has 2 rings (SSSR count). The maximum Gasteiger partial charge on any atom is 0.433 e. The van der Waals surface area contributed by atoms with Crippen molar-refractivity contribution in [3.63, 3.8) is 0 Å². The van der Waals surface area contributed by atoms with Crippen LogP contribution in [-0.4, -0.2) is 33.7 Å². The molecule has 26 heavy (non-hydrogen) atoms. The molecular formula is C17H26F3N5S. The highest BCUT2D eigenvalue weighted by Crippen LogP contribution is 2.32. The fourth-order valence-corrected chi connectivity index (χ4v) is 3.52. The second-order valence-corrected chi connectivity index (χ2v) is 8.52. The zero-order valence-corrected chi connectivity index (χ0v) is 16.6. The number of hydrogen-bond donors (Lipinski definition) is 2. The predicted octanol–water partition coefficient (Wildman–Crippen LogP) is 4.06. The van der Waals surface area contributed by atoms with Gasteiger partial charge in [0.1, 0.15) is 5.82 Å². The Bertz CT molecular complexity index is 647. The molecule has 0 unspecified atom stereocenters. The molecule has 146 valence electrons. The predicted molar refractivity (Wildman–Crippen MR) is 101 cm³/mol. The number of halogens is 3. The van der Waals surface area contributed by atoms with E-state index in [1.165, 1.54) is 0 Å². The van der Waals surface area contributed by atoms with Crippen molar-refractivity contribution in [1.82, 2.24) is 15.3 Å². The Kier molecular flexibility index (Phi) is 5.99. The summed E-state index contributed by atoms with van der Waals surface area (Å²) in [5.41, 5.74) is -1.30. The van der Waals surface area contributed by atoms with Crippen LogP contribution in [0.4, 0.5) is 24.9 Å². The summed E-state index contributed by atoms with van der Waals surface area (Å²) in [6.45, 7) is 11.2. The lowest BCUT2D eigenvalue weighted by Crippen LogP contribution is -2.43. The first-order valence-electron chi connectivity index (χ1n) is 8.64. The fourth-order valence-electron chi connectivity index (χ4n) is 3.12. The van der Waals surface area contributed by atoms with E-state index in [1.54, 1.807) is 0 Å². The molecule has 5 nitrogen and oxygen atoms in total. The molecule has 1 aromatic heterocycles. The van der Waals surface area contributed by atoms with Crippen molar-refractivity contribution in [2.45, 2.75) is 52.8 Å². The molecule has 0 saturated carbocycles. The van der Waals surface area contributed by atoms with Crippen LogP contribution >= 0.6 is 12.2 Å². The quantitative estimate of drug-likeness (QED) is 0.744. The van der Waals surface area contributed by atoms with E-state index < -0.39 is 11.9 Å². The average molecular weight is 389 g/mol. The number of piperidine rings is 1. The van der Waals surface area contributed by atoms with E-state index in [4.69, 9.17) is 12.2 Å². The van der Waals surface area contributed by atoms with Gasteiger partial charge in [-0.3, -0.25) is 0 Å². The van der Waals surface area contributed by atoms with Crippen LogP contribution in [0.5, 0.6) is 0 Å². The molecule has 9 heteroatoms. The molecule has 0 aliphatic carbocycles. The molecule has 1 aliphatic heterocycles. The Morgan fingerprint density at radius 3 is 2.23 bits per heavy atom. The minimum atomic E-state index is -4.56. The summed E-state index contributed by atoms with van der Waals surface area (Å²) < 4.78 is 39.9. The van der Waals surface area contributed by atoms with Gasteiger partial charge in [-0.25, -0.2) is 4.98 Å². The summed E-state index contributed by atoms with van der Waals surface area (Å²) in [4.78, 5) is 9.78. The second-order valence-electron chi connectivity index (χ2n) is 8.11. The highest BCUT2D eigenvalue weighted by atomic mass is 32.1. The lowest BCUT2D eigenvalue weighted by Gasteiger charge is -2.36. The number of nitrogens with one attached hydrogen (secondary N) is 2. The molecule has 0 bridgehead atoms. The lowest BCUT2D eigenvalue weighted by molar-refractivity contribution is -0.141. The van der Waals surface area contributed by atoms with Crippen molar-refractivity contribution < 1.29 is 13.2 Å². The van der Waals surface area contributed by atoms with Crippen molar-refractivity contribution >= 4 is 29.1 Å². The standard InChI is InChI=1S/C17H26F3N5S/c1-10-6-11(2)9-25(8-10)13-7-12(17(18,19)20)21-14(22-13)23-15(26)24-16(3,4)5/h7,10-11H,6,8-9H2,1-5H3,(H2,21,22,23,24,26)/t10-,11-/m0/s1. The third-order valence-corrected chi connectivity index (χ3v) is 4.11. The second kappa shape index (κ2) is 7.54. The average Bonchev–Trinajstić information content (AvgIpc) is 2.42. The number of aromatic nitrogens is 2. The van der Waals surface area contributed by atoms with E-state index in [0.717, 1.165) is 12.5 Å². The molecule has 2 N–H and O–H groups in total.